The van der Waals surface area contributed by atoms with Crippen molar-refractivity contribution in [1.82, 2.24) is 4.90 Å². The summed E-state index contributed by atoms with van der Waals surface area (Å²) in [5.74, 6) is 0.399. The van der Waals surface area contributed by atoms with Crippen LogP contribution in [0.5, 0.6) is 0 Å². The standard InChI is InChI=1S/C22H28FN3O/c1-17(2)22(18-8-4-3-5-9-18)24-16-21(27)26-14-12-25(13-15-26)20-11-7-6-10-19(20)23/h3-11,17,22,24H,12-16H2,1-2H3/p+1/t22-/m0/s1. The van der Waals surface area contributed by atoms with Crippen molar-refractivity contribution in [3.8, 4) is 0 Å². The monoisotopic (exact) mass is 370 g/mol. The lowest BCUT2D eigenvalue weighted by Crippen LogP contribution is -2.88. The zero-order chi connectivity index (χ0) is 19.2. The molecule has 2 N–H and O–H groups in total. The van der Waals surface area contributed by atoms with Crippen molar-refractivity contribution in [3.05, 3.63) is 66.0 Å². The van der Waals surface area contributed by atoms with Crippen LogP contribution in [0.25, 0.3) is 0 Å². The molecule has 2 aromatic carbocycles. The molecule has 0 saturated carbocycles. The van der Waals surface area contributed by atoms with Crippen molar-refractivity contribution in [2.75, 3.05) is 37.6 Å². The number of benzene rings is 2. The van der Waals surface area contributed by atoms with Crippen LogP contribution in [0.15, 0.2) is 54.6 Å². The maximum absolute atomic E-state index is 13.9. The zero-order valence-corrected chi connectivity index (χ0v) is 16.1. The number of piperazine rings is 1. The second-order valence-corrected chi connectivity index (χ2v) is 7.44. The third-order valence-electron chi connectivity index (χ3n) is 5.27. The summed E-state index contributed by atoms with van der Waals surface area (Å²) in [6, 6.07) is 17.5. The minimum Gasteiger partial charge on any atom is -0.366 e. The van der Waals surface area contributed by atoms with E-state index in [9.17, 15) is 9.18 Å². The molecule has 27 heavy (non-hydrogen) atoms. The SMILES string of the molecule is CC(C)[C@H]([NH2+]CC(=O)N1CCN(c2ccccc2F)CC1)c1ccccc1. The fourth-order valence-electron chi connectivity index (χ4n) is 3.73. The lowest BCUT2D eigenvalue weighted by molar-refractivity contribution is -0.692. The van der Waals surface area contributed by atoms with E-state index < -0.39 is 0 Å². The van der Waals surface area contributed by atoms with Crippen molar-refractivity contribution >= 4 is 11.6 Å². The maximum atomic E-state index is 13.9. The van der Waals surface area contributed by atoms with Crippen molar-refractivity contribution in [1.29, 1.82) is 0 Å². The molecule has 0 aliphatic carbocycles. The third kappa shape index (κ3) is 4.86. The molecular weight excluding hydrogens is 341 g/mol. The van der Waals surface area contributed by atoms with Gasteiger partial charge >= 0.3 is 0 Å². The second-order valence-electron chi connectivity index (χ2n) is 7.44. The van der Waals surface area contributed by atoms with Crippen LogP contribution >= 0.6 is 0 Å². The Kier molecular flexibility index (Phi) is 6.45. The molecule has 5 heteroatoms. The highest BCUT2D eigenvalue weighted by atomic mass is 19.1. The van der Waals surface area contributed by atoms with Crippen molar-refractivity contribution in [2.24, 2.45) is 5.92 Å². The highest BCUT2D eigenvalue weighted by molar-refractivity contribution is 5.77. The molecule has 4 nitrogen and oxygen atoms in total. The zero-order valence-electron chi connectivity index (χ0n) is 16.1. The molecule has 0 spiro atoms. The average Bonchev–Trinajstić information content (AvgIpc) is 2.69. The number of halogens is 1. The molecule has 0 radical (unpaired) electrons. The highest BCUT2D eigenvalue weighted by Gasteiger charge is 2.25. The lowest BCUT2D eigenvalue weighted by Gasteiger charge is -2.36. The molecule has 3 rings (SSSR count). The smallest absolute Gasteiger partial charge is 0.277 e. The molecule has 144 valence electrons. The first kappa shape index (κ1) is 19.4. The second kappa shape index (κ2) is 9.00. The number of rotatable bonds is 6. The summed E-state index contributed by atoms with van der Waals surface area (Å²) < 4.78 is 13.9. The van der Waals surface area contributed by atoms with Crippen molar-refractivity contribution < 1.29 is 14.5 Å². The van der Waals surface area contributed by atoms with Gasteiger partial charge in [-0.25, -0.2) is 4.39 Å². The van der Waals surface area contributed by atoms with Gasteiger partial charge in [-0.05, 0) is 12.1 Å². The number of anilines is 1. The Bertz CT molecular complexity index is 742. The predicted octanol–water partition coefficient (Wildman–Crippen LogP) is 2.43. The largest absolute Gasteiger partial charge is 0.366 e. The van der Waals surface area contributed by atoms with E-state index in [1.807, 2.05) is 34.1 Å². The Morgan fingerprint density at radius 2 is 1.63 bits per heavy atom. The van der Waals surface area contributed by atoms with Gasteiger partial charge in [-0.2, -0.15) is 0 Å². The maximum Gasteiger partial charge on any atom is 0.277 e. The number of para-hydroxylation sites is 1. The van der Waals surface area contributed by atoms with Gasteiger partial charge in [0.05, 0.1) is 5.69 Å². The van der Waals surface area contributed by atoms with Crippen LogP contribution in [0.4, 0.5) is 10.1 Å². The first-order valence-corrected chi connectivity index (χ1v) is 9.72. The van der Waals surface area contributed by atoms with Crippen LogP contribution in [0.1, 0.15) is 25.5 Å². The van der Waals surface area contributed by atoms with Gasteiger partial charge < -0.3 is 15.1 Å². The predicted molar refractivity (Wildman–Crippen MR) is 106 cm³/mol. The van der Waals surface area contributed by atoms with Crippen molar-refractivity contribution in [2.45, 2.75) is 19.9 Å². The number of nitrogens with two attached hydrogens (primary N) is 1. The van der Waals surface area contributed by atoms with Crippen LogP contribution in [-0.4, -0.2) is 43.5 Å². The molecule has 1 heterocycles. The molecule has 0 bridgehead atoms. The van der Waals surface area contributed by atoms with Crippen LogP contribution < -0.4 is 10.2 Å². The van der Waals surface area contributed by atoms with E-state index in [4.69, 9.17) is 0 Å². The number of hydrogen-bond acceptors (Lipinski definition) is 2. The van der Waals surface area contributed by atoms with Crippen LogP contribution in [0, 0.1) is 11.7 Å². The number of amides is 1. The number of hydrogen-bond donors (Lipinski definition) is 1. The summed E-state index contributed by atoms with van der Waals surface area (Å²) in [6.45, 7) is 7.42. The molecule has 2 aromatic rings. The van der Waals surface area contributed by atoms with Gasteiger partial charge in [0.15, 0.2) is 6.54 Å². The van der Waals surface area contributed by atoms with Gasteiger partial charge in [-0.15, -0.1) is 0 Å². The quantitative estimate of drug-likeness (QED) is 0.848. The molecule has 0 aromatic heterocycles. The fourth-order valence-corrected chi connectivity index (χ4v) is 3.73. The Labute approximate surface area is 161 Å². The molecule has 1 fully saturated rings. The summed E-state index contributed by atoms with van der Waals surface area (Å²) in [7, 11) is 0. The number of carbonyl (C=O) groups is 1. The third-order valence-corrected chi connectivity index (χ3v) is 5.27. The Hall–Kier alpha value is -2.40. The van der Waals surface area contributed by atoms with E-state index in [0.29, 0.717) is 44.3 Å². The minimum atomic E-state index is -0.201. The summed E-state index contributed by atoms with van der Waals surface area (Å²) in [4.78, 5) is 16.6. The van der Waals surface area contributed by atoms with E-state index in [2.05, 4.69) is 31.3 Å². The van der Waals surface area contributed by atoms with E-state index >= 15 is 0 Å². The fraction of sp³-hybridized carbons (Fsp3) is 0.409. The molecule has 1 saturated heterocycles. The Morgan fingerprint density at radius 1 is 1.00 bits per heavy atom. The number of nitrogens with zero attached hydrogens (tertiary/aromatic N) is 2. The normalized spacial score (nSPS) is 15.9. The van der Waals surface area contributed by atoms with E-state index in [1.54, 1.807) is 12.1 Å². The van der Waals surface area contributed by atoms with E-state index in [-0.39, 0.29) is 17.8 Å². The first-order valence-electron chi connectivity index (χ1n) is 9.72. The van der Waals surface area contributed by atoms with Gasteiger partial charge in [-0.3, -0.25) is 4.79 Å². The lowest BCUT2D eigenvalue weighted by atomic mass is 9.96. The molecular formula is C22H29FN3O+. The molecule has 1 aliphatic heterocycles. The summed E-state index contributed by atoms with van der Waals surface area (Å²) in [5.41, 5.74) is 1.88. The van der Waals surface area contributed by atoms with E-state index in [0.717, 1.165) is 0 Å². The van der Waals surface area contributed by atoms with Gasteiger partial charge in [0.1, 0.15) is 11.9 Å². The summed E-state index contributed by atoms with van der Waals surface area (Å²) in [6.07, 6.45) is 0. The number of quaternary nitrogens is 1. The molecule has 1 atom stereocenters. The van der Waals surface area contributed by atoms with Gasteiger partial charge in [0, 0.05) is 37.7 Å². The Morgan fingerprint density at radius 3 is 2.26 bits per heavy atom. The van der Waals surface area contributed by atoms with Crippen molar-refractivity contribution in [3.63, 3.8) is 0 Å². The van der Waals surface area contributed by atoms with Crippen LogP contribution in [-0.2, 0) is 4.79 Å². The van der Waals surface area contributed by atoms with Crippen LogP contribution in [0.3, 0.4) is 0 Å². The summed E-state index contributed by atoms with van der Waals surface area (Å²) >= 11 is 0. The van der Waals surface area contributed by atoms with Crippen LogP contribution in [0.2, 0.25) is 0 Å². The van der Waals surface area contributed by atoms with E-state index in [1.165, 1.54) is 11.6 Å². The van der Waals surface area contributed by atoms with Gasteiger partial charge in [0.25, 0.3) is 5.91 Å². The number of carbonyl (C=O) groups excluding carboxylic acids is 1. The first-order chi connectivity index (χ1) is 13.1. The topological polar surface area (TPSA) is 40.2 Å². The molecule has 1 amide bonds. The highest BCUT2D eigenvalue weighted by Crippen LogP contribution is 2.20. The van der Waals surface area contributed by atoms with Gasteiger partial charge in [-0.1, -0.05) is 56.3 Å². The molecule has 1 aliphatic rings. The summed E-state index contributed by atoms with van der Waals surface area (Å²) in [5, 5.41) is 2.14. The minimum absolute atomic E-state index is 0.157. The molecule has 0 unspecified atom stereocenters. The Balaban J connectivity index is 1.53. The average molecular weight is 370 g/mol. The van der Waals surface area contributed by atoms with Gasteiger partial charge in [0.2, 0.25) is 0 Å².